The van der Waals surface area contributed by atoms with Gasteiger partial charge in [0.1, 0.15) is 11.4 Å². The van der Waals surface area contributed by atoms with Gasteiger partial charge in [-0.15, -0.1) is 0 Å². The zero-order valence-electron chi connectivity index (χ0n) is 8.50. The minimum Gasteiger partial charge on any atom is -0.495 e. The zero-order chi connectivity index (χ0) is 10.8. The van der Waals surface area contributed by atoms with E-state index in [1.807, 2.05) is 32.0 Å². The second-order valence-corrected chi connectivity index (χ2v) is 4.30. The third-order valence-corrected chi connectivity index (χ3v) is 2.74. The molecule has 14 heavy (non-hydrogen) atoms. The van der Waals surface area contributed by atoms with Crippen LogP contribution in [0, 0.1) is 0 Å². The highest BCUT2D eigenvalue weighted by Gasteiger charge is 2.25. The zero-order valence-corrected chi connectivity index (χ0v) is 10.1. The number of hydrogen-bond donors (Lipinski definition) is 1. The molecular weight excluding hydrogens is 246 g/mol. The Morgan fingerprint density at radius 1 is 1.36 bits per heavy atom. The lowest BCUT2D eigenvalue weighted by molar-refractivity contribution is -0.0251. The van der Waals surface area contributed by atoms with Crippen molar-refractivity contribution in [2.45, 2.75) is 19.4 Å². The van der Waals surface area contributed by atoms with E-state index in [1.165, 1.54) is 0 Å². The second kappa shape index (κ2) is 4.29. The number of hydrogen-bond acceptors (Lipinski definition) is 3. The minimum absolute atomic E-state index is 0.560. The van der Waals surface area contributed by atoms with Crippen molar-refractivity contribution in [1.82, 2.24) is 0 Å². The van der Waals surface area contributed by atoms with Gasteiger partial charge in [-0.1, -0.05) is 12.1 Å². The van der Waals surface area contributed by atoms with Crippen molar-refractivity contribution in [2.75, 3.05) is 7.11 Å². The Balaban J connectivity index is 3.27. The van der Waals surface area contributed by atoms with E-state index < -0.39 is 5.60 Å². The number of halogens is 1. The third-order valence-electron chi connectivity index (χ3n) is 2.11. The summed E-state index contributed by atoms with van der Waals surface area (Å²) in [5, 5.41) is 0. The summed E-state index contributed by atoms with van der Waals surface area (Å²) >= 11 is 3.41. The number of benzene rings is 1. The average Bonchev–Trinajstić information content (AvgIpc) is 2.17. The van der Waals surface area contributed by atoms with Gasteiger partial charge in [0.25, 0.3) is 0 Å². The summed E-state index contributed by atoms with van der Waals surface area (Å²) in [6, 6.07) is 5.76. The highest BCUT2D eigenvalue weighted by Crippen LogP contribution is 2.36. The number of para-hydroxylation sites is 1. The van der Waals surface area contributed by atoms with Crippen LogP contribution in [0.5, 0.6) is 5.75 Å². The van der Waals surface area contributed by atoms with Gasteiger partial charge in [0, 0.05) is 5.56 Å². The molecule has 0 aliphatic heterocycles. The molecule has 0 fully saturated rings. The fourth-order valence-corrected chi connectivity index (χ4v) is 1.78. The first-order chi connectivity index (χ1) is 6.53. The molecule has 4 heteroatoms. The number of nitrogens with two attached hydrogens (primary N) is 1. The monoisotopic (exact) mass is 259 g/mol. The molecule has 0 aliphatic rings. The van der Waals surface area contributed by atoms with Crippen molar-refractivity contribution in [2.24, 2.45) is 5.90 Å². The fraction of sp³-hybridized carbons (Fsp3) is 0.400. The molecule has 0 aliphatic carbocycles. The normalized spacial score (nSPS) is 11.5. The first-order valence-electron chi connectivity index (χ1n) is 4.24. The summed E-state index contributed by atoms with van der Waals surface area (Å²) in [5.41, 5.74) is 0.353. The molecule has 0 unspecified atom stereocenters. The van der Waals surface area contributed by atoms with Crippen LogP contribution < -0.4 is 10.6 Å². The Bertz CT molecular complexity index is 326. The number of rotatable bonds is 3. The van der Waals surface area contributed by atoms with Crippen LogP contribution in [-0.4, -0.2) is 7.11 Å². The van der Waals surface area contributed by atoms with Crippen LogP contribution in [0.1, 0.15) is 19.4 Å². The van der Waals surface area contributed by atoms with Gasteiger partial charge in [0.2, 0.25) is 0 Å². The predicted molar refractivity (Wildman–Crippen MR) is 59.0 cm³/mol. The summed E-state index contributed by atoms with van der Waals surface area (Å²) < 4.78 is 6.17. The Morgan fingerprint density at radius 3 is 2.50 bits per heavy atom. The largest absolute Gasteiger partial charge is 0.495 e. The molecule has 0 atom stereocenters. The summed E-state index contributed by atoms with van der Waals surface area (Å²) in [4.78, 5) is 4.92. The van der Waals surface area contributed by atoms with E-state index in [0.717, 1.165) is 15.8 Å². The van der Waals surface area contributed by atoms with E-state index in [4.69, 9.17) is 15.5 Å². The maximum absolute atomic E-state index is 5.28. The van der Waals surface area contributed by atoms with E-state index in [1.54, 1.807) is 7.11 Å². The summed E-state index contributed by atoms with van der Waals surface area (Å²) in [6.07, 6.45) is 0. The molecule has 2 N–H and O–H groups in total. The maximum atomic E-state index is 5.28. The standard InChI is InChI=1S/C10H14BrNO2/c1-10(2,14-12)7-5-4-6-8(11)9(7)13-3/h4-6H,12H2,1-3H3. The Morgan fingerprint density at radius 2 is 2.00 bits per heavy atom. The van der Waals surface area contributed by atoms with Crippen molar-refractivity contribution < 1.29 is 9.57 Å². The Kier molecular flexibility index (Phi) is 3.53. The van der Waals surface area contributed by atoms with Crippen LogP contribution in [0.2, 0.25) is 0 Å². The summed E-state index contributed by atoms with van der Waals surface area (Å²) in [7, 11) is 1.62. The van der Waals surface area contributed by atoms with E-state index in [2.05, 4.69) is 15.9 Å². The topological polar surface area (TPSA) is 44.5 Å². The summed E-state index contributed by atoms with van der Waals surface area (Å²) in [6.45, 7) is 3.77. The van der Waals surface area contributed by atoms with Crippen molar-refractivity contribution >= 4 is 15.9 Å². The van der Waals surface area contributed by atoms with Crippen LogP contribution in [0.25, 0.3) is 0 Å². The molecular formula is C10H14BrNO2. The van der Waals surface area contributed by atoms with Gasteiger partial charge in [-0.25, -0.2) is 5.90 Å². The quantitative estimate of drug-likeness (QED) is 0.849. The molecule has 78 valence electrons. The van der Waals surface area contributed by atoms with Gasteiger partial charge in [-0.05, 0) is 35.8 Å². The van der Waals surface area contributed by atoms with Crippen LogP contribution in [0.15, 0.2) is 22.7 Å². The minimum atomic E-state index is -0.560. The average molecular weight is 260 g/mol. The highest BCUT2D eigenvalue weighted by atomic mass is 79.9. The molecule has 1 aromatic carbocycles. The lowest BCUT2D eigenvalue weighted by atomic mass is 9.97. The molecule has 1 rings (SSSR count). The van der Waals surface area contributed by atoms with Crippen LogP contribution in [0.4, 0.5) is 0 Å². The molecule has 1 aromatic rings. The highest BCUT2D eigenvalue weighted by molar-refractivity contribution is 9.10. The third kappa shape index (κ3) is 2.08. The van der Waals surface area contributed by atoms with E-state index in [-0.39, 0.29) is 0 Å². The second-order valence-electron chi connectivity index (χ2n) is 3.45. The Labute approximate surface area is 92.3 Å². The van der Waals surface area contributed by atoms with Crippen molar-refractivity contribution in [3.63, 3.8) is 0 Å². The lowest BCUT2D eigenvalue weighted by Gasteiger charge is -2.24. The smallest absolute Gasteiger partial charge is 0.139 e. The van der Waals surface area contributed by atoms with Gasteiger partial charge in [-0.3, -0.25) is 4.84 Å². The molecule has 0 saturated heterocycles. The van der Waals surface area contributed by atoms with Gasteiger partial charge in [-0.2, -0.15) is 0 Å². The number of ether oxygens (including phenoxy) is 1. The molecule has 0 bridgehead atoms. The number of methoxy groups -OCH3 is 1. The molecule has 0 radical (unpaired) electrons. The van der Waals surface area contributed by atoms with E-state index in [0.29, 0.717) is 0 Å². The predicted octanol–water partition coefficient (Wildman–Crippen LogP) is 2.58. The van der Waals surface area contributed by atoms with E-state index in [9.17, 15) is 0 Å². The maximum Gasteiger partial charge on any atom is 0.139 e. The van der Waals surface area contributed by atoms with Gasteiger partial charge in [0.15, 0.2) is 0 Å². The van der Waals surface area contributed by atoms with Crippen molar-refractivity contribution in [3.05, 3.63) is 28.2 Å². The SMILES string of the molecule is COc1c(Br)cccc1C(C)(C)ON. The molecule has 3 nitrogen and oxygen atoms in total. The summed E-state index contributed by atoms with van der Waals surface area (Å²) in [5.74, 6) is 5.99. The van der Waals surface area contributed by atoms with E-state index >= 15 is 0 Å². The molecule has 0 amide bonds. The first-order valence-corrected chi connectivity index (χ1v) is 5.03. The lowest BCUT2D eigenvalue weighted by Crippen LogP contribution is -2.26. The van der Waals surface area contributed by atoms with Gasteiger partial charge < -0.3 is 4.74 Å². The van der Waals surface area contributed by atoms with Gasteiger partial charge in [0.05, 0.1) is 11.6 Å². The molecule has 0 aromatic heterocycles. The fourth-order valence-electron chi connectivity index (χ4n) is 1.25. The van der Waals surface area contributed by atoms with Crippen LogP contribution >= 0.6 is 15.9 Å². The molecule has 0 saturated carbocycles. The first kappa shape index (κ1) is 11.5. The van der Waals surface area contributed by atoms with Crippen molar-refractivity contribution in [1.29, 1.82) is 0 Å². The van der Waals surface area contributed by atoms with Crippen molar-refractivity contribution in [3.8, 4) is 5.75 Å². The Hall–Kier alpha value is -0.580. The van der Waals surface area contributed by atoms with Gasteiger partial charge >= 0.3 is 0 Å². The molecule has 0 heterocycles. The van der Waals surface area contributed by atoms with Crippen LogP contribution in [-0.2, 0) is 10.4 Å². The molecule has 0 spiro atoms. The van der Waals surface area contributed by atoms with Crippen LogP contribution in [0.3, 0.4) is 0 Å².